The molecular formula is C15H25N3O. The fourth-order valence-electron chi connectivity index (χ4n) is 2.10. The minimum absolute atomic E-state index is 0.0675. The number of nitrogen functional groups attached to an aromatic ring is 1. The second-order valence-corrected chi connectivity index (χ2v) is 5.13. The third kappa shape index (κ3) is 5.75. The van der Waals surface area contributed by atoms with Crippen molar-refractivity contribution in [2.24, 2.45) is 0 Å². The van der Waals surface area contributed by atoms with Gasteiger partial charge in [-0.2, -0.15) is 0 Å². The van der Waals surface area contributed by atoms with Gasteiger partial charge in [0.25, 0.3) is 0 Å². The number of para-hydroxylation sites is 1. The number of carbonyl (C=O) groups excluding carboxylic acids is 1. The Morgan fingerprint density at radius 2 is 2.11 bits per heavy atom. The molecule has 0 saturated carbocycles. The summed E-state index contributed by atoms with van der Waals surface area (Å²) in [6.45, 7) is 5.23. The van der Waals surface area contributed by atoms with Crippen LogP contribution >= 0.6 is 0 Å². The van der Waals surface area contributed by atoms with Gasteiger partial charge >= 0.3 is 0 Å². The van der Waals surface area contributed by atoms with E-state index in [1.54, 1.807) is 0 Å². The monoisotopic (exact) mass is 263 g/mol. The van der Waals surface area contributed by atoms with Crippen molar-refractivity contribution < 1.29 is 4.79 Å². The zero-order valence-corrected chi connectivity index (χ0v) is 12.1. The number of amides is 1. The van der Waals surface area contributed by atoms with Crippen molar-refractivity contribution in [2.75, 3.05) is 19.3 Å². The van der Waals surface area contributed by atoms with E-state index >= 15 is 0 Å². The molecule has 106 valence electrons. The van der Waals surface area contributed by atoms with E-state index in [1.807, 2.05) is 43.1 Å². The standard InChI is InChI=1S/C15H25N3O/c1-4-7-12(2)17-15(19)11-18(3)10-13-8-5-6-9-14(13)16/h5-6,8-9,12H,4,7,10-11,16H2,1-3H3,(H,17,19). The molecule has 0 saturated heterocycles. The largest absolute Gasteiger partial charge is 0.398 e. The van der Waals surface area contributed by atoms with Gasteiger partial charge in [-0.3, -0.25) is 9.69 Å². The number of likely N-dealkylation sites (N-methyl/N-ethyl adjacent to an activating group) is 1. The van der Waals surface area contributed by atoms with E-state index in [-0.39, 0.29) is 11.9 Å². The summed E-state index contributed by atoms with van der Waals surface area (Å²) in [5, 5.41) is 3.00. The van der Waals surface area contributed by atoms with Gasteiger partial charge in [0.1, 0.15) is 0 Å². The van der Waals surface area contributed by atoms with Crippen molar-refractivity contribution in [3.63, 3.8) is 0 Å². The van der Waals surface area contributed by atoms with Crippen LogP contribution in [0.2, 0.25) is 0 Å². The molecule has 1 aromatic carbocycles. The van der Waals surface area contributed by atoms with Crippen molar-refractivity contribution in [3.05, 3.63) is 29.8 Å². The Morgan fingerprint density at radius 1 is 1.42 bits per heavy atom. The summed E-state index contributed by atoms with van der Waals surface area (Å²) in [4.78, 5) is 13.8. The molecule has 0 aliphatic heterocycles. The molecule has 1 unspecified atom stereocenters. The summed E-state index contributed by atoms with van der Waals surface area (Å²) in [6, 6.07) is 7.99. The van der Waals surface area contributed by atoms with Gasteiger partial charge in [-0.25, -0.2) is 0 Å². The first kappa shape index (κ1) is 15.5. The number of hydrogen-bond acceptors (Lipinski definition) is 3. The average molecular weight is 263 g/mol. The summed E-state index contributed by atoms with van der Waals surface area (Å²) < 4.78 is 0. The predicted molar refractivity (Wildman–Crippen MR) is 79.7 cm³/mol. The third-order valence-corrected chi connectivity index (χ3v) is 3.04. The Balaban J connectivity index is 2.41. The minimum atomic E-state index is 0.0675. The Bertz CT molecular complexity index is 406. The minimum Gasteiger partial charge on any atom is -0.398 e. The molecule has 0 aromatic heterocycles. The van der Waals surface area contributed by atoms with Crippen LogP contribution in [0, 0.1) is 0 Å². The fourth-order valence-corrected chi connectivity index (χ4v) is 2.10. The number of nitrogens with two attached hydrogens (primary N) is 1. The molecular weight excluding hydrogens is 238 g/mol. The van der Waals surface area contributed by atoms with Crippen LogP contribution in [0.25, 0.3) is 0 Å². The van der Waals surface area contributed by atoms with Crippen LogP contribution in [0.4, 0.5) is 5.69 Å². The Labute approximate surface area is 116 Å². The molecule has 4 nitrogen and oxygen atoms in total. The van der Waals surface area contributed by atoms with Gasteiger partial charge in [-0.1, -0.05) is 31.5 Å². The second-order valence-electron chi connectivity index (χ2n) is 5.13. The summed E-state index contributed by atoms with van der Waals surface area (Å²) in [5.74, 6) is 0.0675. The molecule has 19 heavy (non-hydrogen) atoms. The molecule has 1 rings (SSSR count). The lowest BCUT2D eigenvalue weighted by atomic mass is 10.1. The smallest absolute Gasteiger partial charge is 0.234 e. The fraction of sp³-hybridized carbons (Fsp3) is 0.533. The van der Waals surface area contributed by atoms with Crippen LogP contribution in [-0.2, 0) is 11.3 Å². The van der Waals surface area contributed by atoms with E-state index in [0.717, 1.165) is 24.1 Å². The number of anilines is 1. The Morgan fingerprint density at radius 3 is 2.74 bits per heavy atom. The second kappa shape index (κ2) is 7.79. The third-order valence-electron chi connectivity index (χ3n) is 3.04. The Hall–Kier alpha value is -1.55. The van der Waals surface area contributed by atoms with Crippen LogP contribution in [0.5, 0.6) is 0 Å². The molecule has 0 spiro atoms. The molecule has 0 radical (unpaired) electrons. The number of benzene rings is 1. The zero-order valence-electron chi connectivity index (χ0n) is 12.1. The van der Waals surface area contributed by atoms with Gasteiger partial charge in [0.2, 0.25) is 5.91 Å². The lowest BCUT2D eigenvalue weighted by Gasteiger charge is -2.19. The summed E-state index contributed by atoms with van der Waals surface area (Å²) in [6.07, 6.45) is 2.10. The van der Waals surface area contributed by atoms with Crippen LogP contribution < -0.4 is 11.1 Å². The van der Waals surface area contributed by atoms with Crippen molar-refractivity contribution in [2.45, 2.75) is 39.3 Å². The quantitative estimate of drug-likeness (QED) is 0.740. The molecule has 3 N–H and O–H groups in total. The highest BCUT2D eigenvalue weighted by molar-refractivity contribution is 5.78. The van der Waals surface area contributed by atoms with E-state index < -0.39 is 0 Å². The van der Waals surface area contributed by atoms with E-state index in [4.69, 9.17) is 5.73 Å². The van der Waals surface area contributed by atoms with Crippen LogP contribution in [0.15, 0.2) is 24.3 Å². The lowest BCUT2D eigenvalue weighted by molar-refractivity contribution is -0.122. The molecule has 4 heteroatoms. The number of hydrogen-bond donors (Lipinski definition) is 2. The van der Waals surface area contributed by atoms with Gasteiger partial charge in [-0.05, 0) is 32.0 Å². The summed E-state index contributed by atoms with van der Waals surface area (Å²) >= 11 is 0. The predicted octanol–water partition coefficient (Wildman–Crippen LogP) is 2.01. The normalized spacial score (nSPS) is 12.4. The molecule has 0 fully saturated rings. The maximum atomic E-state index is 11.8. The van der Waals surface area contributed by atoms with Gasteiger partial charge in [0.15, 0.2) is 0 Å². The maximum absolute atomic E-state index is 11.8. The first-order chi connectivity index (χ1) is 9.02. The molecule has 1 amide bonds. The van der Waals surface area contributed by atoms with Crippen molar-refractivity contribution in [1.82, 2.24) is 10.2 Å². The van der Waals surface area contributed by atoms with E-state index in [9.17, 15) is 4.79 Å². The van der Waals surface area contributed by atoms with Crippen molar-refractivity contribution in [1.29, 1.82) is 0 Å². The Kier molecular flexibility index (Phi) is 6.36. The van der Waals surface area contributed by atoms with Crippen molar-refractivity contribution in [3.8, 4) is 0 Å². The molecule has 0 aliphatic carbocycles. The zero-order chi connectivity index (χ0) is 14.3. The van der Waals surface area contributed by atoms with Gasteiger partial charge in [-0.15, -0.1) is 0 Å². The summed E-state index contributed by atoms with van der Waals surface area (Å²) in [5.41, 5.74) is 7.72. The lowest BCUT2D eigenvalue weighted by Crippen LogP contribution is -2.39. The van der Waals surface area contributed by atoms with E-state index in [0.29, 0.717) is 13.1 Å². The van der Waals surface area contributed by atoms with Crippen LogP contribution in [0.3, 0.4) is 0 Å². The summed E-state index contributed by atoms with van der Waals surface area (Å²) in [7, 11) is 1.93. The van der Waals surface area contributed by atoms with Gasteiger partial charge in [0.05, 0.1) is 6.54 Å². The molecule has 0 heterocycles. The van der Waals surface area contributed by atoms with Crippen LogP contribution in [-0.4, -0.2) is 30.4 Å². The number of rotatable bonds is 7. The highest BCUT2D eigenvalue weighted by atomic mass is 16.2. The number of carbonyl (C=O) groups is 1. The maximum Gasteiger partial charge on any atom is 0.234 e. The molecule has 1 atom stereocenters. The topological polar surface area (TPSA) is 58.4 Å². The van der Waals surface area contributed by atoms with E-state index in [1.165, 1.54) is 0 Å². The molecule has 0 bridgehead atoms. The molecule has 1 aromatic rings. The van der Waals surface area contributed by atoms with Gasteiger partial charge < -0.3 is 11.1 Å². The van der Waals surface area contributed by atoms with E-state index in [2.05, 4.69) is 12.2 Å². The number of nitrogens with one attached hydrogen (secondary N) is 1. The average Bonchev–Trinajstić information content (AvgIpc) is 2.31. The first-order valence-corrected chi connectivity index (χ1v) is 6.84. The highest BCUT2D eigenvalue weighted by Crippen LogP contribution is 2.12. The number of nitrogens with zero attached hydrogens (tertiary/aromatic N) is 1. The van der Waals surface area contributed by atoms with Crippen molar-refractivity contribution >= 4 is 11.6 Å². The first-order valence-electron chi connectivity index (χ1n) is 6.84. The SMILES string of the molecule is CCCC(C)NC(=O)CN(C)Cc1ccccc1N. The molecule has 0 aliphatic rings. The highest BCUT2D eigenvalue weighted by Gasteiger charge is 2.10. The van der Waals surface area contributed by atoms with Gasteiger partial charge in [0, 0.05) is 18.3 Å². The van der Waals surface area contributed by atoms with Crippen LogP contribution in [0.1, 0.15) is 32.3 Å².